The molecule has 0 saturated heterocycles. The van der Waals surface area contributed by atoms with Crippen LogP contribution in [0.5, 0.6) is 0 Å². The first-order valence-corrected chi connectivity index (χ1v) is 6.62. The monoisotopic (exact) mass is 272 g/mol. The lowest BCUT2D eigenvalue weighted by Gasteiger charge is -2.13. The predicted molar refractivity (Wildman–Crippen MR) is 75.9 cm³/mol. The number of aryl methyl sites for hydroxylation is 1. The number of hydrogen-bond acceptors (Lipinski definition) is 2. The van der Waals surface area contributed by atoms with Crippen molar-refractivity contribution in [3.8, 4) is 0 Å². The van der Waals surface area contributed by atoms with Crippen molar-refractivity contribution in [3.63, 3.8) is 0 Å². The van der Waals surface area contributed by atoms with Gasteiger partial charge in [-0.1, -0.05) is 36.4 Å². The maximum absolute atomic E-state index is 12.9. The Morgan fingerprint density at radius 2 is 1.95 bits per heavy atom. The molecule has 1 amide bonds. The third kappa shape index (κ3) is 4.16. The molecule has 20 heavy (non-hydrogen) atoms. The minimum atomic E-state index is -0.644. The van der Waals surface area contributed by atoms with Gasteiger partial charge in [-0.05, 0) is 37.5 Å². The Balaban J connectivity index is 1.85. The first-order valence-electron chi connectivity index (χ1n) is 6.62. The maximum atomic E-state index is 12.9. The van der Waals surface area contributed by atoms with Crippen molar-refractivity contribution in [1.82, 2.24) is 10.3 Å². The Labute approximate surface area is 117 Å². The molecular formula is C16H17FN2O. The van der Waals surface area contributed by atoms with Gasteiger partial charge in [-0.3, -0.25) is 4.79 Å². The average molecular weight is 272 g/mol. The molecule has 3 nitrogen and oxygen atoms in total. The summed E-state index contributed by atoms with van der Waals surface area (Å²) in [5.41, 5.74) is 1.34. The molecule has 0 saturated carbocycles. The summed E-state index contributed by atoms with van der Waals surface area (Å²) in [6.45, 7) is 1.93. The topological polar surface area (TPSA) is 42.0 Å². The minimum absolute atomic E-state index is 0.00720. The average Bonchev–Trinajstić information content (AvgIpc) is 2.46. The van der Waals surface area contributed by atoms with Crippen molar-refractivity contribution >= 4 is 5.91 Å². The summed E-state index contributed by atoms with van der Waals surface area (Å²) in [4.78, 5) is 15.4. The summed E-state index contributed by atoms with van der Waals surface area (Å²) in [5.74, 6) is -0.986. The summed E-state index contributed by atoms with van der Waals surface area (Å²) in [6.07, 6.45) is 1.71. The van der Waals surface area contributed by atoms with Crippen LogP contribution in [0.25, 0.3) is 0 Å². The number of amides is 1. The lowest BCUT2D eigenvalue weighted by molar-refractivity contribution is 0.0932. The van der Waals surface area contributed by atoms with E-state index in [1.54, 1.807) is 0 Å². The summed E-state index contributed by atoms with van der Waals surface area (Å²) >= 11 is 0. The summed E-state index contributed by atoms with van der Waals surface area (Å²) in [5, 5.41) is 2.83. The van der Waals surface area contributed by atoms with E-state index >= 15 is 0 Å². The van der Waals surface area contributed by atoms with Crippen LogP contribution in [-0.4, -0.2) is 16.9 Å². The Kier molecular flexibility index (Phi) is 4.82. The summed E-state index contributed by atoms with van der Waals surface area (Å²) in [7, 11) is 0. The van der Waals surface area contributed by atoms with Crippen LogP contribution >= 0.6 is 0 Å². The lowest BCUT2D eigenvalue weighted by Crippen LogP contribution is -2.33. The molecule has 104 valence electrons. The Morgan fingerprint density at radius 3 is 2.65 bits per heavy atom. The van der Waals surface area contributed by atoms with Crippen LogP contribution in [0.15, 0.2) is 48.5 Å². The highest BCUT2D eigenvalue weighted by atomic mass is 19.1. The van der Waals surface area contributed by atoms with Gasteiger partial charge < -0.3 is 5.32 Å². The van der Waals surface area contributed by atoms with Gasteiger partial charge in [-0.2, -0.15) is 4.39 Å². The molecule has 2 aromatic rings. The number of hydrogen-bond donors (Lipinski definition) is 1. The second kappa shape index (κ2) is 6.80. The van der Waals surface area contributed by atoms with Crippen LogP contribution in [0.1, 0.15) is 29.4 Å². The highest BCUT2D eigenvalue weighted by molar-refractivity contribution is 5.92. The number of rotatable bonds is 5. The zero-order valence-corrected chi connectivity index (χ0v) is 11.3. The normalized spacial score (nSPS) is 11.9. The van der Waals surface area contributed by atoms with Crippen LogP contribution < -0.4 is 5.32 Å². The third-order valence-corrected chi connectivity index (χ3v) is 3.03. The van der Waals surface area contributed by atoms with Crippen molar-refractivity contribution in [1.29, 1.82) is 0 Å². The molecule has 1 N–H and O–H groups in total. The second-order valence-electron chi connectivity index (χ2n) is 4.74. The molecule has 0 spiro atoms. The van der Waals surface area contributed by atoms with Crippen molar-refractivity contribution in [2.75, 3.05) is 0 Å². The van der Waals surface area contributed by atoms with E-state index in [1.165, 1.54) is 23.8 Å². The Morgan fingerprint density at radius 1 is 1.20 bits per heavy atom. The van der Waals surface area contributed by atoms with Gasteiger partial charge in [0, 0.05) is 6.04 Å². The molecule has 1 aromatic heterocycles. The van der Waals surface area contributed by atoms with Gasteiger partial charge >= 0.3 is 0 Å². The van der Waals surface area contributed by atoms with E-state index in [2.05, 4.69) is 22.4 Å². The molecule has 0 fully saturated rings. The van der Waals surface area contributed by atoms with Gasteiger partial charge in [0.2, 0.25) is 5.95 Å². The van der Waals surface area contributed by atoms with Crippen LogP contribution in [0, 0.1) is 5.95 Å². The van der Waals surface area contributed by atoms with Crippen molar-refractivity contribution < 1.29 is 9.18 Å². The zero-order valence-electron chi connectivity index (χ0n) is 11.3. The number of nitrogens with zero attached hydrogens (tertiary/aromatic N) is 1. The number of pyridine rings is 1. The van der Waals surface area contributed by atoms with E-state index in [-0.39, 0.29) is 17.6 Å². The minimum Gasteiger partial charge on any atom is -0.348 e. The number of nitrogens with one attached hydrogen (secondary N) is 1. The molecule has 0 aliphatic heterocycles. The molecule has 1 aromatic carbocycles. The number of carbonyl (C=O) groups is 1. The highest BCUT2D eigenvalue weighted by Crippen LogP contribution is 2.05. The van der Waals surface area contributed by atoms with Crippen molar-refractivity contribution in [2.45, 2.75) is 25.8 Å². The molecular weight excluding hydrogens is 255 g/mol. The van der Waals surface area contributed by atoms with E-state index in [9.17, 15) is 9.18 Å². The molecule has 2 rings (SSSR count). The van der Waals surface area contributed by atoms with E-state index in [4.69, 9.17) is 0 Å². The summed E-state index contributed by atoms with van der Waals surface area (Å²) in [6, 6.07) is 14.3. The molecule has 0 radical (unpaired) electrons. The van der Waals surface area contributed by atoms with Gasteiger partial charge in [0.25, 0.3) is 5.91 Å². The number of aromatic nitrogens is 1. The first-order chi connectivity index (χ1) is 9.65. The highest BCUT2D eigenvalue weighted by Gasteiger charge is 2.11. The fourth-order valence-corrected chi connectivity index (χ4v) is 1.93. The standard InChI is InChI=1S/C16H17FN2O/c1-12(10-11-13-6-3-2-4-7-13)18-16(20)14-8-5-9-15(17)19-14/h2-9,12H,10-11H2,1H3,(H,18,20). The predicted octanol–water partition coefficient (Wildman–Crippen LogP) is 2.97. The zero-order chi connectivity index (χ0) is 14.4. The molecule has 1 heterocycles. The van der Waals surface area contributed by atoms with Crippen LogP contribution in [0.4, 0.5) is 4.39 Å². The molecule has 4 heteroatoms. The molecule has 0 bridgehead atoms. The van der Waals surface area contributed by atoms with E-state index < -0.39 is 5.95 Å². The molecule has 0 aliphatic carbocycles. The SMILES string of the molecule is CC(CCc1ccccc1)NC(=O)c1cccc(F)n1. The lowest BCUT2D eigenvalue weighted by atomic mass is 10.1. The van der Waals surface area contributed by atoms with E-state index in [1.807, 2.05) is 25.1 Å². The smallest absolute Gasteiger partial charge is 0.270 e. The quantitative estimate of drug-likeness (QED) is 0.850. The fraction of sp³-hybridized carbons (Fsp3) is 0.250. The number of benzene rings is 1. The third-order valence-electron chi connectivity index (χ3n) is 3.03. The maximum Gasteiger partial charge on any atom is 0.270 e. The molecule has 1 atom stereocenters. The van der Waals surface area contributed by atoms with E-state index in [0.29, 0.717) is 0 Å². The first kappa shape index (κ1) is 14.2. The van der Waals surface area contributed by atoms with Crippen LogP contribution in [-0.2, 0) is 6.42 Å². The van der Waals surface area contributed by atoms with Gasteiger partial charge in [0.15, 0.2) is 0 Å². The van der Waals surface area contributed by atoms with Gasteiger partial charge in [-0.25, -0.2) is 4.98 Å². The van der Waals surface area contributed by atoms with Crippen molar-refractivity contribution in [3.05, 3.63) is 65.7 Å². The van der Waals surface area contributed by atoms with E-state index in [0.717, 1.165) is 12.8 Å². The van der Waals surface area contributed by atoms with Crippen molar-refractivity contribution in [2.24, 2.45) is 0 Å². The van der Waals surface area contributed by atoms with Gasteiger partial charge in [-0.15, -0.1) is 0 Å². The second-order valence-corrected chi connectivity index (χ2v) is 4.74. The van der Waals surface area contributed by atoms with Crippen LogP contribution in [0.2, 0.25) is 0 Å². The largest absolute Gasteiger partial charge is 0.348 e. The number of carbonyl (C=O) groups excluding carboxylic acids is 1. The molecule has 1 unspecified atom stereocenters. The Bertz CT molecular complexity index is 572. The molecule has 0 aliphatic rings. The van der Waals surface area contributed by atoms with Gasteiger partial charge in [0.1, 0.15) is 5.69 Å². The summed E-state index contributed by atoms with van der Waals surface area (Å²) < 4.78 is 12.9. The fourth-order valence-electron chi connectivity index (χ4n) is 1.93. The number of halogens is 1. The Hall–Kier alpha value is -2.23. The van der Waals surface area contributed by atoms with Crippen LogP contribution in [0.3, 0.4) is 0 Å². The van der Waals surface area contributed by atoms with Gasteiger partial charge in [0.05, 0.1) is 0 Å².